The van der Waals surface area contributed by atoms with Crippen molar-refractivity contribution in [2.24, 2.45) is 0 Å². The van der Waals surface area contributed by atoms with E-state index >= 15 is 4.39 Å². The van der Waals surface area contributed by atoms with Crippen molar-refractivity contribution < 1.29 is 9.18 Å². The van der Waals surface area contributed by atoms with Crippen molar-refractivity contribution in [1.82, 2.24) is 19.7 Å². The molecular weight excluding hydrogens is 457 g/mol. The van der Waals surface area contributed by atoms with Gasteiger partial charge in [-0.25, -0.2) is 19.2 Å². The number of nitrogens with one attached hydrogen (secondary N) is 2. The van der Waals surface area contributed by atoms with Gasteiger partial charge in [-0.05, 0) is 69.3 Å². The Kier molecular flexibility index (Phi) is 6.21. The normalized spacial score (nSPS) is 11.3. The van der Waals surface area contributed by atoms with Crippen molar-refractivity contribution in [2.75, 3.05) is 16.4 Å². The first kappa shape index (κ1) is 23.2. The first-order chi connectivity index (χ1) is 16.1. The van der Waals surface area contributed by atoms with Crippen LogP contribution in [0.15, 0.2) is 60.9 Å². The second-order valence-corrected chi connectivity index (χ2v) is 9.02. The smallest absolute Gasteiger partial charge is 0.323 e. The summed E-state index contributed by atoms with van der Waals surface area (Å²) in [7, 11) is 0. The Bertz CT molecular complexity index is 1350. The highest BCUT2D eigenvalue weighted by Crippen LogP contribution is 2.35. The van der Waals surface area contributed by atoms with Crippen LogP contribution in [0.1, 0.15) is 20.8 Å². The van der Waals surface area contributed by atoms with Crippen LogP contribution in [0, 0.1) is 5.82 Å². The van der Waals surface area contributed by atoms with Crippen LogP contribution in [0.2, 0.25) is 5.02 Å². The van der Waals surface area contributed by atoms with Crippen LogP contribution < -0.4 is 16.4 Å². The van der Waals surface area contributed by atoms with Crippen LogP contribution in [0.25, 0.3) is 22.5 Å². The molecule has 2 heterocycles. The first-order valence-corrected chi connectivity index (χ1v) is 10.8. The Hall–Kier alpha value is -3.98. The second-order valence-electron chi connectivity index (χ2n) is 8.59. The molecule has 4 aromatic rings. The molecule has 0 saturated heterocycles. The third kappa shape index (κ3) is 5.15. The van der Waals surface area contributed by atoms with E-state index in [1.807, 2.05) is 20.8 Å². The van der Waals surface area contributed by atoms with Crippen LogP contribution in [-0.2, 0) is 5.54 Å². The van der Waals surface area contributed by atoms with Crippen LogP contribution in [-0.4, -0.2) is 25.8 Å². The lowest BCUT2D eigenvalue weighted by atomic mass is 10.0. The minimum Gasteiger partial charge on any atom is -0.368 e. The van der Waals surface area contributed by atoms with Gasteiger partial charge in [0.25, 0.3) is 0 Å². The van der Waals surface area contributed by atoms with Gasteiger partial charge in [-0.15, -0.1) is 0 Å². The van der Waals surface area contributed by atoms with E-state index in [1.54, 1.807) is 47.3 Å². The molecule has 0 fully saturated rings. The van der Waals surface area contributed by atoms with E-state index in [0.29, 0.717) is 33.3 Å². The summed E-state index contributed by atoms with van der Waals surface area (Å²) < 4.78 is 16.8. The molecule has 8 nitrogen and oxygen atoms in total. The molecular formula is C24H23ClFN7O. The minimum absolute atomic E-state index is 0.0866. The summed E-state index contributed by atoms with van der Waals surface area (Å²) in [5.41, 5.74) is 8.05. The number of hydrogen-bond acceptors (Lipinski definition) is 5. The molecule has 174 valence electrons. The van der Waals surface area contributed by atoms with Gasteiger partial charge in [-0.3, -0.25) is 4.68 Å². The van der Waals surface area contributed by atoms with Gasteiger partial charge < -0.3 is 16.4 Å². The summed E-state index contributed by atoms with van der Waals surface area (Å²) in [4.78, 5) is 20.6. The van der Waals surface area contributed by atoms with Crippen molar-refractivity contribution >= 4 is 35.0 Å². The molecule has 0 spiro atoms. The number of nitrogen functional groups attached to an aromatic ring is 1. The highest BCUT2D eigenvalue weighted by Gasteiger charge is 2.23. The molecule has 0 unspecified atom stereocenters. The third-order valence-corrected chi connectivity index (χ3v) is 5.19. The lowest BCUT2D eigenvalue weighted by Gasteiger charge is -2.18. The number of amides is 2. The number of aromatic nitrogens is 4. The number of halogens is 2. The predicted octanol–water partition coefficient (Wildman–Crippen LogP) is 5.78. The van der Waals surface area contributed by atoms with E-state index in [-0.39, 0.29) is 17.1 Å². The van der Waals surface area contributed by atoms with Crippen molar-refractivity contribution in [3.8, 4) is 22.5 Å². The Morgan fingerprint density at radius 3 is 2.38 bits per heavy atom. The number of urea groups is 1. The maximum atomic E-state index is 15.0. The van der Waals surface area contributed by atoms with Crippen LogP contribution in [0.5, 0.6) is 0 Å². The predicted molar refractivity (Wildman–Crippen MR) is 132 cm³/mol. The topological polar surface area (TPSA) is 111 Å². The zero-order valence-corrected chi connectivity index (χ0v) is 19.6. The summed E-state index contributed by atoms with van der Waals surface area (Å²) >= 11 is 5.88. The molecule has 4 N–H and O–H groups in total. The monoisotopic (exact) mass is 479 g/mol. The molecule has 0 radical (unpaired) electrons. The van der Waals surface area contributed by atoms with E-state index in [4.69, 9.17) is 17.3 Å². The van der Waals surface area contributed by atoms with Crippen molar-refractivity contribution in [1.29, 1.82) is 0 Å². The molecule has 0 aliphatic rings. The highest BCUT2D eigenvalue weighted by atomic mass is 35.5. The number of benzene rings is 2. The lowest BCUT2D eigenvalue weighted by Crippen LogP contribution is -2.22. The van der Waals surface area contributed by atoms with Crippen molar-refractivity contribution in [3.05, 3.63) is 71.8 Å². The lowest BCUT2D eigenvalue weighted by molar-refractivity contribution is 0.262. The fraction of sp³-hybridized carbons (Fsp3) is 0.167. The van der Waals surface area contributed by atoms with E-state index in [9.17, 15) is 4.79 Å². The molecule has 2 amide bonds. The quantitative estimate of drug-likeness (QED) is 0.343. The third-order valence-electron chi connectivity index (χ3n) is 4.93. The van der Waals surface area contributed by atoms with E-state index in [2.05, 4.69) is 25.7 Å². The van der Waals surface area contributed by atoms with Gasteiger partial charge in [0.15, 0.2) is 0 Å². The number of anilines is 3. The molecule has 0 aliphatic heterocycles. The summed E-state index contributed by atoms with van der Waals surface area (Å²) in [6, 6.07) is 12.2. The summed E-state index contributed by atoms with van der Waals surface area (Å²) in [5.74, 6) is -0.385. The largest absolute Gasteiger partial charge is 0.368 e. The summed E-state index contributed by atoms with van der Waals surface area (Å²) in [5, 5.41) is 10.7. The standard InChI is InChI=1S/C24H23ClFN7O/c1-24(2,3)33-13-18(21(32-33)20-10-11-28-22(27)31-20)17-12-16(8-9-19(17)26)30-23(34)29-15-6-4-14(25)5-7-15/h4-13H,1-3H3,(H2,27,28,31)(H2,29,30,34). The molecule has 34 heavy (non-hydrogen) atoms. The summed E-state index contributed by atoms with van der Waals surface area (Å²) in [6.07, 6.45) is 3.27. The minimum atomic E-state index is -0.478. The number of hydrogen-bond donors (Lipinski definition) is 3. The number of carbonyl (C=O) groups is 1. The second kappa shape index (κ2) is 9.11. The first-order valence-electron chi connectivity index (χ1n) is 10.4. The van der Waals surface area contributed by atoms with Gasteiger partial charge in [0, 0.05) is 39.9 Å². The molecule has 2 aromatic carbocycles. The van der Waals surface area contributed by atoms with Gasteiger partial charge in [0.05, 0.1) is 11.2 Å². The number of rotatable bonds is 4. The molecule has 0 bridgehead atoms. The molecule has 0 saturated carbocycles. The van der Waals surface area contributed by atoms with Crippen LogP contribution in [0.3, 0.4) is 0 Å². The van der Waals surface area contributed by atoms with E-state index < -0.39 is 11.8 Å². The van der Waals surface area contributed by atoms with E-state index in [0.717, 1.165) is 0 Å². The molecule has 0 aliphatic carbocycles. The number of nitrogens with two attached hydrogens (primary N) is 1. The maximum absolute atomic E-state index is 15.0. The SMILES string of the molecule is CC(C)(C)n1cc(-c2cc(NC(=O)Nc3ccc(Cl)cc3)ccc2F)c(-c2ccnc(N)n2)n1. The zero-order chi connectivity index (χ0) is 24.5. The average molecular weight is 480 g/mol. The highest BCUT2D eigenvalue weighted by molar-refractivity contribution is 6.30. The fourth-order valence-electron chi connectivity index (χ4n) is 3.25. The molecule has 0 atom stereocenters. The van der Waals surface area contributed by atoms with Crippen molar-refractivity contribution in [3.63, 3.8) is 0 Å². The van der Waals surface area contributed by atoms with Gasteiger partial charge >= 0.3 is 6.03 Å². The van der Waals surface area contributed by atoms with Crippen LogP contribution in [0.4, 0.5) is 26.5 Å². The fourth-order valence-corrected chi connectivity index (χ4v) is 3.37. The average Bonchev–Trinajstić information content (AvgIpc) is 3.23. The van der Waals surface area contributed by atoms with E-state index in [1.165, 1.54) is 18.3 Å². The zero-order valence-electron chi connectivity index (χ0n) is 18.8. The number of carbonyl (C=O) groups excluding carboxylic acids is 1. The van der Waals surface area contributed by atoms with Gasteiger partial charge in [-0.1, -0.05) is 11.6 Å². The Morgan fingerprint density at radius 2 is 1.71 bits per heavy atom. The Labute approximate surface area is 201 Å². The van der Waals surface area contributed by atoms with Gasteiger partial charge in [-0.2, -0.15) is 5.10 Å². The molecule has 2 aromatic heterocycles. The van der Waals surface area contributed by atoms with Crippen LogP contribution >= 0.6 is 11.6 Å². The molecule has 4 rings (SSSR count). The van der Waals surface area contributed by atoms with Crippen molar-refractivity contribution in [2.45, 2.75) is 26.3 Å². The number of nitrogens with zero attached hydrogens (tertiary/aromatic N) is 4. The maximum Gasteiger partial charge on any atom is 0.323 e. The Balaban J connectivity index is 1.70. The Morgan fingerprint density at radius 1 is 1.03 bits per heavy atom. The van der Waals surface area contributed by atoms with Gasteiger partial charge in [0.2, 0.25) is 5.95 Å². The van der Waals surface area contributed by atoms with Gasteiger partial charge in [0.1, 0.15) is 11.5 Å². The summed E-state index contributed by atoms with van der Waals surface area (Å²) in [6.45, 7) is 5.95. The molecule has 10 heteroatoms.